The van der Waals surface area contributed by atoms with Gasteiger partial charge in [0.25, 0.3) is 0 Å². The van der Waals surface area contributed by atoms with Crippen LogP contribution < -0.4 is 0 Å². The van der Waals surface area contributed by atoms with Crippen molar-refractivity contribution in [3.63, 3.8) is 0 Å². The number of hydrogen-bond acceptors (Lipinski definition) is 2. The molecule has 1 fully saturated rings. The van der Waals surface area contributed by atoms with Crippen LogP contribution in [0.25, 0.3) is 0 Å². The van der Waals surface area contributed by atoms with Crippen LogP contribution in [0, 0.1) is 11.8 Å². The molecule has 1 aliphatic rings. The molecule has 2 nitrogen and oxygen atoms in total. The third kappa shape index (κ3) is 3.65. The minimum Gasteiger partial charge on any atom is -0.353 e. The zero-order valence-electron chi connectivity index (χ0n) is 9.58. The smallest absolute Gasteiger partial charge is 0.137 e. The molecule has 0 saturated carbocycles. The molecule has 0 aromatic rings. The number of rotatable bonds is 5. The van der Waals surface area contributed by atoms with Gasteiger partial charge in [0, 0.05) is 13.1 Å². The van der Waals surface area contributed by atoms with Gasteiger partial charge in [0.05, 0.1) is 6.10 Å². The monoisotopic (exact) mass is 185 g/mol. The van der Waals surface area contributed by atoms with Gasteiger partial charge in [0.2, 0.25) is 0 Å². The Bertz CT molecular complexity index is 146. The first-order valence-electron chi connectivity index (χ1n) is 5.40. The molecule has 0 radical (unpaired) electrons. The summed E-state index contributed by atoms with van der Waals surface area (Å²) in [7, 11) is 0. The Labute approximate surface area is 82.3 Å². The summed E-state index contributed by atoms with van der Waals surface area (Å²) in [6.07, 6.45) is 0.863. The third-order valence-corrected chi connectivity index (χ3v) is 2.24. The molecule has 0 aromatic carbocycles. The molecule has 0 aromatic heterocycles. The fraction of sp³-hybridized carbons (Fsp3) is 1.00. The first-order valence-corrected chi connectivity index (χ1v) is 5.40. The quantitative estimate of drug-likeness (QED) is 0.611. The van der Waals surface area contributed by atoms with E-state index >= 15 is 0 Å². The lowest BCUT2D eigenvalue weighted by Crippen LogP contribution is -2.34. The van der Waals surface area contributed by atoms with Crippen molar-refractivity contribution in [1.82, 2.24) is 4.90 Å². The first-order chi connectivity index (χ1) is 6.00. The lowest BCUT2D eigenvalue weighted by atomic mass is 10.1. The third-order valence-electron chi connectivity index (χ3n) is 2.24. The molecule has 2 heteroatoms. The van der Waals surface area contributed by atoms with E-state index < -0.39 is 0 Å². The highest BCUT2D eigenvalue weighted by molar-refractivity contribution is 4.82. The van der Waals surface area contributed by atoms with E-state index in [2.05, 4.69) is 39.5 Å². The van der Waals surface area contributed by atoms with Crippen molar-refractivity contribution < 1.29 is 4.74 Å². The Morgan fingerprint density at radius 3 is 1.69 bits per heavy atom. The minimum absolute atomic E-state index is 0.407. The molecule has 0 spiro atoms. The van der Waals surface area contributed by atoms with Crippen LogP contribution in [-0.2, 0) is 4.74 Å². The zero-order chi connectivity index (χ0) is 10.0. The van der Waals surface area contributed by atoms with Gasteiger partial charge in [-0.05, 0) is 18.8 Å². The summed E-state index contributed by atoms with van der Waals surface area (Å²) in [6.45, 7) is 13.5. The summed E-state index contributed by atoms with van der Waals surface area (Å²) in [4.78, 5) is 2.47. The van der Waals surface area contributed by atoms with Crippen molar-refractivity contribution in [2.75, 3.05) is 13.1 Å². The van der Waals surface area contributed by atoms with Crippen LogP contribution in [0.2, 0.25) is 0 Å². The van der Waals surface area contributed by atoms with E-state index in [1.165, 1.54) is 0 Å². The van der Waals surface area contributed by atoms with E-state index in [0.717, 1.165) is 24.9 Å². The van der Waals surface area contributed by atoms with Crippen molar-refractivity contribution in [3.05, 3.63) is 0 Å². The first kappa shape index (κ1) is 11.0. The molecule has 2 atom stereocenters. The second-order valence-corrected chi connectivity index (χ2v) is 4.97. The van der Waals surface area contributed by atoms with Crippen molar-refractivity contribution in [2.24, 2.45) is 11.8 Å². The van der Waals surface area contributed by atoms with Crippen LogP contribution in [-0.4, -0.2) is 30.3 Å². The summed E-state index contributed by atoms with van der Waals surface area (Å²) in [5.74, 6) is 1.46. The van der Waals surface area contributed by atoms with E-state index in [-0.39, 0.29) is 0 Å². The maximum Gasteiger partial charge on any atom is 0.137 e. The molecule has 2 unspecified atom stereocenters. The highest BCUT2D eigenvalue weighted by Crippen LogP contribution is 2.26. The molecular weight excluding hydrogens is 162 g/mol. The van der Waals surface area contributed by atoms with E-state index in [0.29, 0.717) is 12.3 Å². The summed E-state index contributed by atoms with van der Waals surface area (Å²) < 4.78 is 5.51. The molecular formula is C11H23NO. The molecule has 1 heterocycles. The summed E-state index contributed by atoms with van der Waals surface area (Å²) >= 11 is 0. The van der Waals surface area contributed by atoms with Gasteiger partial charge in [-0.25, -0.2) is 0 Å². The lowest BCUT2D eigenvalue weighted by Gasteiger charge is -2.24. The van der Waals surface area contributed by atoms with Crippen LogP contribution in [0.5, 0.6) is 0 Å². The van der Waals surface area contributed by atoms with E-state index in [1.54, 1.807) is 0 Å². The lowest BCUT2D eigenvalue weighted by molar-refractivity contribution is 0.143. The zero-order valence-corrected chi connectivity index (χ0v) is 9.58. The molecule has 0 amide bonds. The normalized spacial score (nSPS) is 27.7. The Kier molecular flexibility index (Phi) is 3.74. The second-order valence-electron chi connectivity index (χ2n) is 4.97. The fourth-order valence-corrected chi connectivity index (χ4v) is 1.78. The molecule has 0 N–H and O–H groups in total. The second kappa shape index (κ2) is 4.43. The molecule has 13 heavy (non-hydrogen) atoms. The Hall–Kier alpha value is -0.0800. The topological polar surface area (TPSA) is 15.8 Å². The van der Waals surface area contributed by atoms with Gasteiger partial charge < -0.3 is 4.74 Å². The van der Waals surface area contributed by atoms with Crippen molar-refractivity contribution in [2.45, 2.75) is 47.0 Å². The van der Waals surface area contributed by atoms with Crippen molar-refractivity contribution in [1.29, 1.82) is 0 Å². The van der Waals surface area contributed by atoms with Gasteiger partial charge >= 0.3 is 0 Å². The standard InChI is InChI=1S/C11H23NO/c1-8(2)6-12(7-9(3)4)11-10(5)13-11/h8-11H,6-7H2,1-5H3. The summed E-state index contributed by atoms with van der Waals surface area (Å²) in [5.41, 5.74) is 0. The predicted molar refractivity (Wildman–Crippen MR) is 55.6 cm³/mol. The molecule has 78 valence electrons. The maximum atomic E-state index is 5.51. The molecule has 1 aliphatic heterocycles. The average Bonchev–Trinajstić information content (AvgIpc) is 2.63. The van der Waals surface area contributed by atoms with Crippen molar-refractivity contribution in [3.8, 4) is 0 Å². The molecule has 1 rings (SSSR count). The van der Waals surface area contributed by atoms with Gasteiger partial charge in [-0.1, -0.05) is 27.7 Å². The van der Waals surface area contributed by atoms with Crippen molar-refractivity contribution >= 4 is 0 Å². The van der Waals surface area contributed by atoms with Crippen LogP contribution in [0.1, 0.15) is 34.6 Å². The Morgan fingerprint density at radius 2 is 1.46 bits per heavy atom. The SMILES string of the molecule is CC(C)CN(CC(C)C)C1OC1C. The van der Waals surface area contributed by atoms with Gasteiger partial charge in [-0.15, -0.1) is 0 Å². The van der Waals surface area contributed by atoms with Gasteiger partial charge in [0.15, 0.2) is 0 Å². The van der Waals surface area contributed by atoms with Gasteiger partial charge in [0.1, 0.15) is 6.23 Å². The van der Waals surface area contributed by atoms with Crippen LogP contribution in [0.4, 0.5) is 0 Å². The van der Waals surface area contributed by atoms with E-state index in [1.807, 2.05) is 0 Å². The largest absolute Gasteiger partial charge is 0.353 e. The summed E-state index contributed by atoms with van der Waals surface area (Å²) in [6, 6.07) is 0. The van der Waals surface area contributed by atoms with Crippen LogP contribution >= 0.6 is 0 Å². The predicted octanol–water partition coefficient (Wildman–Crippen LogP) is 2.35. The highest BCUT2D eigenvalue weighted by Gasteiger charge is 2.39. The number of epoxide rings is 1. The Balaban J connectivity index is 2.35. The number of hydrogen-bond donors (Lipinski definition) is 0. The number of ether oxygens (including phenoxy) is 1. The van der Waals surface area contributed by atoms with Gasteiger partial charge in [-0.2, -0.15) is 0 Å². The highest BCUT2D eigenvalue weighted by atomic mass is 16.6. The van der Waals surface area contributed by atoms with Gasteiger partial charge in [-0.3, -0.25) is 4.90 Å². The average molecular weight is 185 g/mol. The molecule has 0 bridgehead atoms. The van der Waals surface area contributed by atoms with E-state index in [9.17, 15) is 0 Å². The molecule has 1 saturated heterocycles. The minimum atomic E-state index is 0.407. The number of nitrogens with zero attached hydrogens (tertiary/aromatic N) is 1. The fourth-order valence-electron chi connectivity index (χ4n) is 1.78. The summed E-state index contributed by atoms with van der Waals surface area (Å²) in [5, 5.41) is 0. The van der Waals surface area contributed by atoms with Crippen LogP contribution in [0.3, 0.4) is 0 Å². The maximum absolute atomic E-state index is 5.51. The molecule has 0 aliphatic carbocycles. The van der Waals surface area contributed by atoms with E-state index in [4.69, 9.17) is 4.74 Å². The van der Waals surface area contributed by atoms with Crippen LogP contribution in [0.15, 0.2) is 0 Å². The Morgan fingerprint density at radius 1 is 1.08 bits per heavy atom.